The van der Waals surface area contributed by atoms with Crippen molar-refractivity contribution < 1.29 is 9.53 Å². The van der Waals surface area contributed by atoms with Crippen molar-refractivity contribution in [1.29, 1.82) is 0 Å². The molecule has 28 heavy (non-hydrogen) atoms. The van der Waals surface area contributed by atoms with Gasteiger partial charge in [0.1, 0.15) is 5.75 Å². The van der Waals surface area contributed by atoms with Crippen LogP contribution in [0, 0.1) is 0 Å². The highest BCUT2D eigenvalue weighted by Crippen LogP contribution is 2.49. The number of carbonyl (C=O) groups is 1. The lowest BCUT2D eigenvalue weighted by atomic mass is 9.79. The number of nitrogens with one attached hydrogen (secondary N) is 1. The number of benzene rings is 3. The minimum Gasteiger partial charge on any atom is -0.480 e. The summed E-state index contributed by atoms with van der Waals surface area (Å²) >= 11 is 6.10. The molecule has 0 spiro atoms. The molecule has 2 heterocycles. The van der Waals surface area contributed by atoms with E-state index in [1.807, 2.05) is 54.6 Å². The molecule has 0 fully saturated rings. The van der Waals surface area contributed by atoms with Crippen LogP contribution in [-0.4, -0.2) is 11.3 Å². The zero-order valence-corrected chi connectivity index (χ0v) is 16.5. The Morgan fingerprint density at radius 1 is 1.00 bits per heavy atom. The van der Waals surface area contributed by atoms with Gasteiger partial charge < -0.3 is 10.1 Å². The van der Waals surface area contributed by atoms with Gasteiger partial charge in [-0.3, -0.25) is 4.79 Å². The molecule has 0 aromatic heterocycles. The highest BCUT2D eigenvalue weighted by molar-refractivity contribution is 6.30. The molecule has 2 aliphatic heterocycles. The third-order valence-corrected chi connectivity index (χ3v) is 5.71. The molecule has 3 aromatic carbocycles. The Labute approximate surface area is 169 Å². The fourth-order valence-electron chi connectivity index (χ4n) is 4.28. The van der Waals surface area contributed by atoms with Crippen molar-refractivity contribution in [3.63, 3.8) is 0 Å². The topological polar surface area (TPSA) is 38.3 Å². The molecular formula is C24H20ClNO2. The number of fused-ring (bicyclic) bond motifs is 5. The second-order valence-electron chi connectivity index (χ2n) is 8.10. The number of rotatable bonds is 1. The molecule has 5 rings (SSSR count). The Balaban J connectivity index is 1.78. The molecule has 3 nitrogen and oxygen atoms in total. The molecule has 0 radical (unpaired) electrons. The monoisotopic (exact) mass is 389 g/mol. The number of anilines is 1. The summed E-state index contributed by atoms with van der Waals surface area (Å²) in [6.45, 7) is 4.10. The van der Waals surface area contributed by atoms with E-state index in [4.69, 9.17) is 16.3 Å². The largest absolute Gasteiger partial charge is 0.480 e. The van der Waals surface area contributed by atoms with Crippen LogP contribution in [0.2, 0.25) is 5.02 Å². The molecule has 0 amide bonds. The van der Waals surface area contributed by atoms with Crippen LogP contribution in [0.25, 0.3) is 11.1 Å². The van der Waals surface area contributed by atoms with E-state index in [1.165, 1.54) is 0 Å². The lowest BCUT2D eigenvalue weighted by Crippen LogP contribution is -2.39. The summed E-state index contributed by atoms with van der Waals surface area (Å²) in [6, 6.07) is 19.8. The number of hydrogen-bond acceptors (Lipinski definition) is 3. The Bertz CT molecular complexity index is 1100. The fraction of sp³-hybridized carbons (Fsp3) is 0.208. The molecule has 2 aliphatic rings. The van der Waals surface area contributed by atoms with E-state index in [9.17, 15) is 4.79 Å². The molecule has 140 valence electrons. The van der Waals surface area contributed by atoms with Crippen molar-refractivity contribution >= 4 is 23.1 Å². The summed E-state index contributed by atoms with van der Waals surface area (Å²) in [5.41, 5.74) is 5.34. The third-order valence-electron chi connectivity index (χ3n) is 5.46. The van der Waals surface area contributed by atoms with Gasteiger partial charge in [0.15, 0.2) is 11.9 Å². The molecule has 1 N–H and O–H groups in total. The number of ether oxygens (including phenoxy) is 1. The van der Waals surface area contributed by atoms with Crippen LogP contribution in [0.4, 0.5) is 5.69 Å². The van der Waals surface area contributed by atoms with E-state index in [2.05, 4.69) is 25.2 Å². The van der Waals surface area contributed by atoms with Crippen molar-refractivity contribution in [3.8, 4) is 16.9 Å². The van der Waals surface area contributed by atoms with Crippen LogP contribution < -0.4 is 10.1 Å². The van der Waals surface area contributed by atoms with Gasteiger partial charge in [0.05, 0.1) is 0 Å². The van der Waals surface area contributed by atoms with E-state index in [-0.39, 0.29) is 17.4 Å². The minimum atomic E-state index is -0.357. The van der Waals surface area contributed by atoms with E-state index >= 15 is 0 Å². The van der Waals surface area contributed by atoms with Gasteiger partial charge in [-0.05, 0) is 49.2 Å². The van der Waals surface area contributed by atoms with Crippen molar-refractivity contribution in [2.75, 3.05) is 5.32 Å². The second-order valence-corrected chi connectivity index (χ2v) is 8.54. The Kier molecular flexibility index (Phi) is 3.78. The van der Waals surface area contributed by atoms with Crippen LogP contribution >= 0.6 is 11.6 Å². The molecular weight excluding hydrogens is 370 g/mol. The zero-order chi connectivity index (χ0) is 19.5. The van der Waals surface area contributed by atoms with Gasteiger partial charge >= 0.3 is 0 Å². The molecule has 1 atom stereocenters. The van der Waals surface area contributed by atoms with Gasteiger partial charge in [-0.1, -0.05) is 48.0 Å². The van der Waals surface area contributed by atoms with E-state index in [1.54, 1.807) is 0 Å². The smallest absolute Gasteiger partial charge is 0.167 e. The summed E-state index contributed by atoms with van der Waals surface area (Å²) in [6.07, 6.45) is 0.0925. The maximum atomic E-state index is 13.2. The summed E-state index contributed by atoms with van der Waals surface area (Å²) in [7, 11) is 0. The normalized spacial score (nSPS) is 19.0. The average Bonchev–Trinajstić information content (AvgIpc) is 2.66. The predicted molar refractivity (Wildman–Crippen MR) is 112 cm³/mol. The second kappa shape index (κ2) is 6.11. The van der Waals surface area contributed by atoms with Crippen LogP contribution in [0.5, 0.6) is 5.75 Å². The molecule has 3 aromatic rings. The van der Waals surface area contributed by atoms with Gasteiger partial charge in [-0.15, -0.1) is 0 Å². The van der Waals surface area contributed by atoms with Gasteiger partial charge in [0, 0.05) is 39.4 Å². The van der Waals surface area contributed by atoms with E-state index in [0.717, 1.165) is 39.3 Å². The SMILES string of the molecule is CC1(C)CC(=O)c2c(ccc3c2[C@H](c2ccc(Cl)cc2)Oc2ccccc2-3)N1. The van der Waals surface area contributed by atoms with Crippen LogP contribution in [0.1, 0.15) is 47.9 Å². The van der Waals surface area contributed by atoms with Crippen molar-refractivity contribution in [2.45, 2.75) is 31.9 Å². The number of Topliss-reactive ketones (excluding diaryl/α,β-unsaturated/α-hetero) is 1. The van der Waals surface area contributed by atoms with Crippen molar-refractivity contribution in [3.05, 3.63) is 82.4 Å². The summed E-state index contributed by atoms with van der Waals surface area (Å²) < 4.78 is 6.43. The van der Waals surface area contributed by atoms with Gasteiger partial charge in [0.25, 0.3) is 0 Å². The number of hydrogen-bond donors (Lipinski definition) is 1. The maximum absolute atomic E-state index is 13.2. The summed E-state index contributed by atoms with van der Waals surface area (Å²) in [5.74, 6) is 0.976. The minimum absolute atomic E-state index is 0.151. The summed E-state index contributed by atoms with van der Waals surface area (Å²) in [5, 5.41) is 4.20. The van der Waals surface area contributed by atoms with Gasteiger partial charge in [-0.25, -0.2) is 0 Å². The zero-order valence-electron chi connectivity index (χ0n) is 15.8. The summed E-state index contributed by atoms with van der Waals surface area (Å²) in [4.78, 5) is 13.2. The Morgan fingerprint density at radius 2 is 1.75 bits per heavy atom. The first-order chi connectivity index (χ1) is 13.4. The maximum Gasteiger partial charge on any atom is 0.167 e. The number of para-hydroxylation sites is 1. The number of ketones is 1. The van der Waals surface area contributed by atoms with Crippen LogP contribution in [-0.2, 0) is 0 Å². The number of carbonyl (C=O) groups excluding carboxylic acids is 1. The van der Waals surface area contributed by atoms with Crippen LogP contribution in [0.15, 0.2) is 60.7 Å². The lowest BCUT2D eigenvalue weighted by Gasteiger charge is -2.37. The predicted octanol–water partition coefficient (Wildman–Crippen LogP) is 6.27. The highest BCUT2D eigenvalue weighted by atomic mass is 35.5. The number of halogens is 1. The molecule has 0 bridgehead atoms. The van der Waals surface area contributed by atoms with Crippen molar-refractivity contribution in [2.24, 2.45) is 0 Å². The Hall–Kier alpha value is -2.78. The standard InChI is InChI=1S/C24H20ClNO2/c1-24(2)13-19(27)22-18(26-24)12-11-17-16-5-3-4-6-20(16)28-23(21(17)22)14-7-9-15(25)10-8-14/h3-12,23,26H,13H2,1-2H3/t23-/m0/s1. The molecule has 0 saturated heterocycles. The lowest BCUT2D eigenvalue weighted by molar-refractivity contribution is 0.0954. The van der Waals surface area contributed by atoms with Crippen molar-refractivity contribution in [1.82, 2.24) is 0 Å². The molecule has 0 saturated carbocycles. The molecule has 4 heteroatoms. The van der Waals surface area contributed by atoms with E-state index < -0.39 is 0 Å². The molecule has 0 unspecified atom stereocenters. The molecule has 0 aliphatic carbocycles. The van der Waals surface area contributed by atoms with Crippen LogP contribution in [0.3, 0.4) is 0 Å². The first-order valence-corrected chi connectivity index (χ1v) is 9.80. The average molecular weight is 390 g/mol. The highest BCUT2D eigenvalue weighted by Gasteiger charge is 2.38. The quantitative estimate of drug-likeness (QED) is 0.533. The van der Waals surface area contributed by atoms with E-state index in [0.29, 0.717) is 11.4 Å². The first kappa shape index (κ1) is 17.3. The first-order valence-electron chi connectivity index (χ1n) is 9.43. The van der Waals surface area contributed by atoms with Gasteiger partial charge in [0.2, 0.25) is 0 Å². The fourth-order valence-corrected chi connectivity index (χ4v) is 4.41. The van der Waals surface area contributed by atoms with Gasteiger partial charge in [-0.2, -0.15) is 0 Å². The third kappa shape index (κ3) is 2.70. The Morgan fingerprint density at radius 3 is 2.54 bits per heavy atom.